The second kappa shape index (κ2) is 4.40. The Kier molecular flexibility index (Phi) is 3.13. The average molecular weight is 216 g/mol. The van der Waals surface area contributed by atoms with Crippen molar-refractivity contribution in [1.82, 2.24) is 0 Å². The highest BCUT2D eigenvalue weighted by Gasteiger charge is 2.39. The molecular formula is C15H20O. The summed E-state index contributed by atoms with van der Waals surface area (Å²) >= 11 is 0. The zero-order chi connectivity index (χ0) is 11.7. The molecule has 0 aliphatic heterocycles. The number of Topliss-reactive ketones (excluding diaryl/α,β-unsaturated/α-hetero) is 1. The van der Waals surface area contributed by atoms with Gasteiger partial charge in [0.25, 0.3) is 0 Å². The van der Waals surface area contributed by atoms with Gasteiger partial charge in [-0.1, -0.05) is 32.9 Å². The number of rotatable bonds is 4. The molecule has 0 aromatic heterocycles. The molecule has 86 valence electrons. The van der Waals surface area contributed by atoms with E-state index < -0.39 is 0 Å². The van der Waals surface area contributed by atoms with Crippen LogP contribution in [0.3, 0.4) is 0 Å². The number of carbonyl (C=O) groups excluding carboxylic acids is 1. The maximum Gasteiger partial charge on any atom is 0.166 e. The average Bonchev–Trinajstić information content (AvgIpc) is 3.04. The molecule has 1 nitrogen and oxygen atoms in total. The van der Waals surface area contributed by atoms with Crippen LogP contribution in [-0.2, 0) is 12.8 Å². The summed E-state index contributed by atoms with van der Waals surface area (Å²) in [5, 5.41) is 0. The monoisotopic (exact) mass is 216 g/mol. The van der Waals surface area contributed by atoms with Crippen LogP contribution in [0.1, 0.15) is 48.7 Å². The van der Waals surface area contributed by atoms with E-state index in [2.05, 4.69) is 39.0 Å². The molecule has 2 atom stereocenters. The highest BCUT2D eigenvalue weighted by atomic mass is 16.1. The number of aryl methyl sites for hydroxylation is 2. The van der Waals surface area contributed by atoms with Crippen LogP contribution in [0.2, 0.25) is 0 Å². The van der Waals surface area contributed by atoms with Gasteiger partial charge in [0.1, 0.15) is 0 Å². The first kappa shape index (κ1) is 11.4. The second-order valence-electron chi connectivity index (χ2n) is 4.88. The van der Waals surface area contributed by atoms with E-state index in [9.17, 15) is 4.79 Å². The van der Waals surface area contributed by atoms with Gasteiger partial charge in [-0.05, 0) is 42.4 Å². The van der Waals surface area contributed by atoms with Crippen LogP contribution in [0.15, 0.2) is 18.2 Å². The maximum absolute atomic E-state index is 12.3. The van der Waals surface area contributed by atoms with E-state index in [4.69, 9.17) is 0 Å². The van der Waals surface area contributed by atoms with E-state index in [0.717, 1.165) is 24.8 Å². The van der Waals surface area contributed by atoms with E-state index in [1.54, 1.807) is 0 Å². The number of hydrogen-bond donors (Lipinski definition) is 0. The molecule has 0 saturated heterocycles. The van der Waals surface area contributed by atoms with Crippen LogP contribution in [0.5, 0.6) is 0 Å². The lowest BCUT2D eigenvalue weighted by Crippen LogP contribution is -2.07. The largest absolute Gasteiger partial charge is 0.294 e. The summed E-state index contributed by atoms with van der Waals surface area (Å²) in [5.41, 5.74) is 3.46. The van der Waals surface area contributed by atoms with Gasteiger partial charge in [0.15, 0.2) is 5.78 Å². The molecule has 16 heavy (non-hydrogen) atoms. The summed E-state index contributed by atoms with van der Waals surface area (Å²) in [4.78, 5) is 12.3. The summed E-state index contributed by atoms with van der Waals surface area (Å²) in [6.45, 7) is 6.42. The molecule has 1 heteroatoms. The van der Waals surface area contributed by atoms with Gasteiger partial charge >= 0.3 is 0 Å². The van der Waals surface area contributed by atoms with E-state index in [1.165, 1.54) is 11.1 Å². The Morgan fingerprint density at radius 3 is 2.50 bits per heavy atom. The van der Waals surface area contributed by atoms with Gasteiger partial charge in [-0.3, -0.25) is 4.79 Å². The third-order valence-electron chi connectivity index (χ3n) is 3.68. The molecule has 0 spiro atoms. The number of benzene rings is 1. The highest BCUT2D eigenvalue weighted by Crippen LogP contribution is 2.40. The Morgan fingerprint density at radius 1 is 1.31 bits per heavy atom. The standard InChI is InChI=1S/C15H20O/c1-4-11-6-7-12(5-2)14(9-11)15(16)13-8-10(13)3/h6-7,9-10,13H,4-5,8H2,1-3H3. The quantitative estimate of drug-likeness (QED) is 0.702. The van der Waals surface area contributed by atoms with Crippen LogP contribution in [0.25, 0.3) is 0 Å². The van der Waals surface area contributed by atoms with Crippen molar-refractivity contribution in [3.8, 4) is 0 Å². The Labute approximate surface area is 97.9 Å². The fourth-order valence-corrected chi connectivity index (χ4v) is 2.27. The van der Waals surface area contributed by atoms with Crippen LogP contribution >= 0.6 is 0 Å². The Bertz CT molecular complexity index is 406. The van der Waals surface area contributed by atoms with Crippen molar-refractivity contribution < 1.29 is 4.79 Å². The molecule has 0 radical (unpaired) electrons. The summed E-state index contributed by atoms with van der Waals surface area (Å²) in [5.74, 6) is 1.28. The molecule has 0 amide bonds. The van der Waals surface area contributed by atoms with Gasteiger partial charge in [0.2, 0.25) is 0 Å². The van der Waals surface area contributed by atoms with Crippen molar-refractivity contribution in [3.05, 3.63) is 34.9 Å². The molecule has 1 aliphatic rings. The first-order valence-corrected chi connectivity index (χ1v) is 6.33. The number of carbonyl (C=O) groups is 1. The molecule has 2 rings (SSSR count). The number of hydrogen-bond acceptors (Lipinski definition) is 1. The Balaban J connectivity index is 2.32. The highest BCUT2D eigenvalue weighted by molar-refractivity contribution is 6.01. The van der Waals surface area contributed by atoms with Gasteiger partial charge < -0.3 is 0 Å². The second-order valence-corrected chi connectivity index (χ2v) is 4.88. The van der Waals surface area contributed by atoms with Gasteiger partial charge in [-0.2, -0.15) is 0 Å². The lowest BCUT2D eigenvalue weighted by molar-refractivity contribution is 0.0961. The predicted molar refractivity (Wildman–Crippen MR) is 66.8 cm³/mol. The summed E-state index contributed by atoms with van der Waals surface area (Å²) in [7, 11) is 0. The first-order valence-electron chi connectivity index (χ1n) is 6.33. The van der Waals surface area contributed by atoms with E-state index in [0.29, 0.717) is 17.6 Å². The van der Waals surface area contributed by atoms with Gasteiger partial charge in [-0.25, -0.2) is 0 Å². The zero-order valence-corrected chi connectivity index (χ0v) is 10.4. The molecule has 1 aliphatic carbocycles. The van der Waals surface area contributed by atoms with Crippen molar-refractivity contribution in [2.45, 2.75) is 40.0 Å². The molecule has 1 aromatic carbocycles. The number of ketones is 1. The van der Waals surface area contributed by atoms with Crippen LogP contribution < -0.4 is 0 Å². The van der Waals surface area contributed by atoms with Crippen molar-refractivity contribution >= 4 is 5.78 Å². The molecule has 0 bridgehead atoms. The van der Waals surface area contributed by atoms with E-state index in [-0.39, 0.29) is 0 Å². The predicted octanol–water partition coefficient (Wildman–Crippen LogP) is 3.65. The molecule has 1 fully saturated rings. The van der Waals surface area contributed by atoms with E-state index in [1.807, 2.05) is 0 Å². The minimum Gasteiger partial charge on any atom is -0.294 e. The smallest absolute Gasteiger partial charge is 0.166 e. The Morgan fingerprint density at radius 2 is 2.00 bits per heavy atom. The van der Waals surface area contributed by atoms with Crippen LogP contribution in [0.4, 0.5) is 0 Å². The molecule has 1 aromatic rings. The molecule has 1 saturated carbocycles. The van der Waals surface area contributed by atoms with Gasteiger partial charge in [0, 0.05) is 11.5 Å². The molecule has 0 heterocycles. The Hall–Kier alpha value is -1.11. The lowest BCUT2D eigenvalue weighted by Gasteiger charge is -2.08. The third-order valence-corrected chi connectivity index (χ3v) is 3.68. The topological polar surface area (TPSA) is 17.1 Å². The minimum atomic E-state index is 0.303. The summed E-state index contributed by atoms with van der Waals surface area (Å²) < 4.78 is 0. The third kappa shape index (κ3) is 2.04. The van der Waals surface area contributed by atoms with Crippen molar-refractivity contribution in [2.24, 2.45) is 11.8 Å². The van der Waals surface area contributed by atoms with E-state index >= 15 is 0 Å². The maximum atomic E-state index is 12.3. The normalized spacial score (nSPS) is 23.2. The van der Waals surface area contributed by atoms with Gasteiger partial charge in [0.05, 0.1) is 0 Å². The summed E-state index contributed by atoms with van der Waals surface area (Å²) in [6.07, 6.45) is 3.04. The molecule has 0 N–H and O–H groups in total. The fraction of sp³-hybridized carbons (Fsp3) is 0.533. The minimum absolute atomic E-state index is 0.303. The molecule has 2 unspecified atom stereocenters. The van der Waals surface area contributed by atoms with Crippen molar-refractivity contribution in [1.29, 1.82) is 0 Å². The first-order chi connectivity index (χ1) is 7.67. The fourth-order valence-electron chi connectivity index (χ4n) is 2.27. The SMILES string of the molecule is CCc1ccc(CC)c(C(=O)C2CC2C)c1. The van der Waals surface area contributed by atoms with Gasteiger partial charge in [-0.15, -0.1) is 0 Å². The van der Waals surface area contributed by atoms with Crippen LogP contribution in [0, 0.1) is 11.8 Å². The summed E-state index contributed by atoms with van der Waals surface area (Å²) in [6, 6.07) is 6.37. The molecular weight excluding hydrogens is 196 g/mol. The van der Waals surface area contributed by atoms with Crippen LogP contribution in [-0.4, -0.2) is 5.78 Å². The lowest BCUT2D eigenvalue weighted by atomic mass is 9.95. The van der Waals surface area contributed by atoms with Crippen molar-refractivity contribution in [2.75, 3.05) is 0 Å². The zero-order valence-electron chi connectivity index (χ0n) is 10.4. The van der Waals surface area contributed by atoms with Crippen molar-refractivity contribution in [3.63, 3.8) is 0 Å².